The summed E-state index contributed by atoms with van der Waals surface area (Å²) in [6.07, 6.45) is 1.88. The lowest BCUT2D eigenvalue weighted by atomic mass is 10.2. The number of H-pyrrole nitrogens is 1. The lowest BCUT2D eigenvalue weighted by molar-refractivity contribution is 0.221. The van der Waals surface area contributed by atoms with Gasteiger partial charge in [-0.05, 0) is 24.4 Å². The molecule has 0 fully saturated rings. The van der Waals surface area contributed by atoms with Crippen LogP contribution in [-0.4, -0.2) is 26.2 Å². The van der Waals surface area contributed by atoms with Gasteiger partial charge in [0.2, 0.25) is 4.77 Å². The number of thiophene rings is 1. The molecule has 0 bridgehead atoms. The summed E-state index contributed by atoms with van der Waals surface area (Å²) in [6.45, 7) is 5.98. The van der Waals surface area contributed by atoms with E-state index in [0.717, 1.165) is 28.8 Å². The van der Waals surface area contributed by atoms with E-state index < -0.39 is 0 Å². The van der Waals surface area contributed by atoms with Gasteiger partial charge in [0.1, 0.15) is 0 Å². The molecule has 0 aliphatic carbocycles. The van der Waals surface area contributed by atoms with Gasteiger partial charge in [0.15, 0.2) is 5.82 Å². The van der Waals surface area contributed by atoms with E-state index in [1.54, 1.807) is 11.3 Å². The topological polar surface area (TPSA) is 36.9 Å². The highest BCUT2D eigenvalue weighted by Crippen LogP contribution is 2.23. The van der Waals surface area contributed by atoms with E-state index in [1.165, 1.54) is 4.88 Å². The van der Waals surface area contributed by atoms with Crippen LogP contribution in [0.25, 0.3) is 11.4 Å². The van der Waals surface area contributed by atoms with Crippen LogP contribution in [0.4, 0.5) is 0 Å². The van der Waals surface area contributed by atoms with E-state index in [1.807, 2.05) is 53.2 Å². The molecule has 0 atom stereocenters. The summed E-state index contributed by atoms with van der Waals surface area (Å²) in [5.74, 6) is 0.776. The summed E-state index contributed by atoms with van der Waals surface area (Å²) >= 11 is 13.0. The van der Waals surface area contributed by atoms with Crippen LogP contribution in [0.5, 0.6) is 0 Å². The quantitative estimate of drug-likeness (QED) is 0.467. The molecule has 7 heteroatoms. The molecule has 3 aromatic rings. The van der Waals surface area contributed by atoms with Gasteiger partial charge in [0.05, 0.1) is 11.0 Å². The van der Waals surface area contributed by atoms with Crippen molar-refractivity contribution < 1.29 is 0 Å². The number of aromatic amines is 1. The van der Waals surface area contributed by atoms with Crippen LogP contribution in [-0.2, 0) is 13.2 Å². The fraction of sp³-hybridized carbons (Fsp3) is 0.176. The Morgan fingerprint density at radius 2 is 2.08 bits per heavy atom. The van der Waals surface area contributed by atoms with Crippen LogP contribution in [0, 0.1) is 4.77 Å². The number of rotatable bonds is 7. The van der Waals surface area contributed by atoms with Crippen LogP contribution < -0.4 is 0 Å². The summed E-state index contributed by atoms with van der Waals surface area (Å²) in [4.78, 5) is 7.88. The monoisotopic (exact) mass is 376 g/mol. The van der Waals surface area contributed by atoms with E-state index in [9.17, 15) is 0 Å². The SMILES string of the molecule is C=CCN(Cc1ccc(Cl)s1)Cn1[nH]c(-c2ccccc2)nc1=S. The molecule has 1 N–H and O–H groups in total. The molecule has 0 radical (unpaired) electrons. The second kappa shape index (κ2) is 7.90. The molecule has 0 aliphatic heterocycles. The van der Waals surface area contributed by atoms with Crippen molar-refractivity contribution in [3.05, 3.63) is 69.1 Å². The molecule has 0 aliphatic rings. The molecule has 2 heterocycles. The van der Waals surface area contributed by atoms with Crippen molar-refractivity contribution in [2.45, 2.75) is 13.2 Å². The van der Waals surface area contributed by atoms with E-state index >= 15 is 0 Å². The highest BCUT2D eigenvalue weighted by molar-refractivity contribution is 7.71. The molecular weight excluding hydrogens is 360 g/mol. The van der Waals surface area contributed by atoms with E-state index in [4.69, 9.17) is 23.8 Å². The third-order valence-electron chi connectivity index (χ3n) is 3.46. The fourth-order valence-electron chi connectivity index (χ4n) is 2.39. The third kappa shape index (κ3) is 4.21. The molecule has 24 heavy (non-hydrogen) atoms. The highest BCUT2D eigenvalue weighted by atomic mass is 35.5. The summed E-state index contributed by atoms with van der Waals surface area (Å²) in [5, 5.41) is 3.28. The molecule has 3 rings (SSSR count). The minimum absolute atomic E-state index is 0.534. The number of nitrogens with zero attached hydrogens (tertiary/aromatic N) is 3. The van der Waals surface area contributed by atoms with Gasteiger partial charge in [0, 0.05) is 23.5 Å². The Labute approximate surface area is 155 Å². The maximum Gasteiger partial charge on any atom is 0.217 e. The molecule has 1 aromatic carbocycles. The van der Waals surface area contributed by atoms with Crippen molar-refractivity contribution in [3.8, 4) is 11.4 Å². The Morgan fingerprint density at radius 3 is 2.75 bits per heavy atom. The van der Waals surface area contributed by atoms with Crippen molar-refractivity contribution in [3.63, 3.8) is 0 Å². The van der Waals surface area contributed by atoms with Crippen molar-refractivity contribution in [2.24, 2.45) is 0 Å². The Kier molecular flexibility index (Phi) is 5.63. The first-order valence-corrected chi connectivity index (χ1v) is 9.05. The largest absolute Gasteiger partial charge is 0.278 e. The lowest BCUT2D eigenvalue weighted by Crippen LogP contribution is -2.26. The number of nitrogens with one attached hydrogen (secondary N) is 1. The number of halogens is 1. The average molecular weight is 377 g/mol. The van der Waals surface area contributed by atoms with Crippen LogP contribution in [0.2, 0.25) is 4.34 Å². The molecule has 0 saturated heterocycles. The van der Waals surface area contributed by atoms with Crippen molar-refractivity contribution in [1.82, 2.24) is 19.7 Å². The summed E-state index contributed by atoms with van der Waals surface area (Å²) in [5.41, 5.74) is 1.02. The predicted molar refractivity (Wildman–Crippen MR) is 103 cm³/mol. The number of hydrogen-bond donors (Lipinski definition) is 1. The summed E-state index contributed by atoms with van der Waals surface area (Å²) in [7, 11) is 0. The minimum atomic E-state index is 0.534. The molecular formula is C17H17ClN4S2. The standard InChI is InChI=1S/C17H17ClN4S2/c1-2-10-21(11-14-8-9-15(18)24-14)12-22-17(23)19-16(20-22)13-6-4-3-5-7-13/h2-9H,1,10-12H2,(H,19,20,23). The predicted octanol–water partition coefficient (Wildman–Crippen LogP) is 4.97. The fourth-order valence-corrected chi connectivity index (χ4v) is 3.71. The Bertz CT molecular complexity index is 866. The van der Waals surface area contributed by atoms with Crippen LogP contribution in [0.3, 0.4) is 0 Å². The first-order chi connectivity index (χ1) is 11.7. The molecule has 124 valence electrons. The van der Waals surface area contributed by atoms with Gasteiger partial charge in [-0.1, -0.05) is 48.0 Å². The zero-order valence-electron chi connectivity index (χ0n) is 13.0. The van der Waals surface area contributed by atoms with Gasteiger partial charge >= 0.3 is 0 Å². The molecule has 0 unspecified atom stereocenters. The second-order valence-electron chi connectivity index (χ2n) is 5.30. The van der Waals surface area contributed by atoms with E-state index in [-0.39, 0.29) is 0 Å². The Morgan fingerprint density at radius 1 is 1.29 bits per heavy atom. The van der Waals surface area contributed by atoms with Crippen molar-refractivity contribution in [2.75, 3.05) is 6.54 Å². The summed E-state index contributed by atoms with van der Waals surface area (Å²) in [6, 6.07) is 13.9. The number of aromatic nitrogens is 3. The van der Waals surface area contributed by atoms with Gasteiger partial charge in [-0.3, -0.25) is 10.00 Å². The molecule has 4 nitrogen and oxygen atoms in total. The Balaban J connectivity index is 1.78. The summed E-state index contributed by atoms with van der Waals surface area (Å²) < 4.78 is 3.20. The highest BCUT2D eigenvalue weighted by Gasteiger charge is 2.10. The Hall–Kier alpha value is -1.73. The number of benzene rings is 1. The molecule has 0 spiro atoms. The third-order valence-corrected chi connectivity index (χ3v) is 4.99. The lowest BCUT2D eigenvalue weighted by Gasteiger charge is -2.19. The zero-order chi connectivity index (χ0) is 16.9. The zero-order valence-corrected chi connectivity index (χ0v) is 15.4. The molecule has 0 amide bonds. The average Bonchev–Trinajstić information content (AvgIpc) is 3.15. The van der Waals surface area contributed by atoms with Gasteiger partial charge in [-0.15, -0.1) is 17.9 Å². The van der Waals surface area contributed by atoms with Gasteiger partial charge in [-0.2, -0.15) is 4.98 Å². The maximum absolute atomic E-state index is 6.02. The van der Waals surface area contributed by atoms with Crippen LogP contribution in [0.15, 0.2) is 55.1 Å². The van der Waals surface area contributed by atoms with Crippen molar-refractivity contribution in [1.29, 1.82) is 0 Å². The first kappa shape index (κ1) is 17.1. The van der Waals surface area contributed by atoms with Crippen LogP contribution in [0.1, 0.15) is 4.88 Å². The van der Waals surface area contributed by atoms with Gasteiger partial charge in [0.25, 0.3) is 0 Å². The molecule has 0 saturated carbocycles. The second-order valence-corrected chi connectivity index (χ2v) is 7.46. The normalized spacial score (nSPS) is 11.1. The van der Waals surface area contributed by atoms with Gasteiger partial charge in [-0.25, -0.2) is 4.68 Å². The maximum atomic E-state index is 6.02. The number of hydrogen-bond acceptors (Lipinski definition) is 4. The minimum Gasteiger partial charge on any atom is -0.278 e. The first-order valence-electron chi connectivity index (χ1n) is 7.45. The van der Waals surface area contributed by atoms with Crippen molar-refractivity contribution >= 4 is 35.2 Å². The van der Waals surface area contributed by atoms with E-state index in [0.29, 0.717) is 11.4 Å². The smallest absolute Gasteiger partial charge is 0.217 e. The molecule has 2 aromatic heterocycles. The van der Waals surface area contributed by atoms with Crippen LogP contribution >= 0.6 is 35.2 Å². The van der Waals surface area contributed by atoms with Gasteiger partial charge < -0.3 is 0 Å². The van der Waals surface area contributed by atoms with E-state index in [2.05, 4.69) is 21.6 Å².